The zero-order valence-corrected chi connectivity index (χ0v) is 19.1. The summed E-state index contributed by atoms with van der Waals surface area (Å²) in [5, 5.41) is 10.6. The van der Waals surface area contributed by atoms with E-state index in [9.17, 15) is 14.4 Å². The Labute approximate surface area is 198 Å². The standard InChI is InChI=1S/C28H24FN3O2/c1-3-32(15-16-33)28-23-17-21(29)13-14-25(23)31-27(24(28)18-30)20-11-9-19(10-12-20)22-7-5-6-8-26(22)34-4-2/h5-14,16-17H,3-4,15H2,1-2H3. The maximum absolute atomic E-state index is 14.1. The predicted octanol–water partition coefficient (Wildman–Crippen LogP) is 6.00. The summed E-state index contributed by atoms with van der Waals surface area (Å²) in [5.74, 6) is 0.378. The van der Waals surface area contributed by atoms with Gasteiger partial charge in [0.2, 0.25) is 0 Å². The predicted molar refractivity (Wildman–Crippen MR) is 132 cm³/mol. The van der Waals surface area contributed by atoms with Gasteiger partial charge in [-0.1, -0.05) is 42.5 Å². The second-order valence-corrected chi connectivity index (χ2v) is 7.67. The number of halogens is 1. The Morgan fingerprint density at radius 2 is 1.79 bits per heavy atom. The van der Waals surface area contributed by atoms with Crippen molar-refractivity contribution in [3.8, 4) is 34.2 Å². The van der Waals surface area contributed by atoms with Crippen molar-refractivity contribution in [3.63, 3.8) is 0 Å². The topological polar surface area (TPSA) is 66.2 Å². The molecule has 0 unspecified atom stereocenters. The third-order valence-electron chi connectivity index (χ3n) is 5.68. The monoisotopic (exact) mass is 453 g/mol. The molecule has 0 atom stereocenters. The number of para-hydroxylation sites is 1. The number of hydrogen-bond acceptors (Lipinski definition) is 5. The number of aldehydes is 1. The molecule has 4 aromatic rings. The molecule has 0 aliphatic heterocycles. The van der Waals surface area contributed by atoms with Crippen molar-refractivity contribution in [2.45, 2.75) is 13.8 Å². The van der Waals surface area contributed by atoms with Crippen molar-refractivity contribution < 1.29 is 13.9 Å². The van der Waals surface area contributed by atoms with Crippen molar-refractivity contribution in [1.82, 2.24) is 4.98 Å². The molecule has 1 heterocycles. The second-order valence-electron chi connectivity index (χ2n) is 7.67. The summed E-state index contributed by atoms with van der Waals surface area (Å²) >= 11 is 0. The third-order valence-corrected chi connectivity index (χ3v) is 5.68. The van der Waals surface area contributed by atoms with Gasteiger partial charge in [0.05, 0.1) is 30.0 Å². The number of rotatable bonds is 8. The molecule has 0 saturated heterocycles. The fourth-order valence-corrected chi connectivity index (χ4v) is 4.12. The van der Waals surface area contributed by atoms with Crippen LogP contribution in [0.4, 0.5) is 10.1 Å². The van der Waals surface area contributed by atoms with E-state index in [4.69, 9.17) is 9.72 Å². The van der Waals surface area contributed by atoms with Crippen molar-refractivity contribution in [2.24, 2.45) is 0 Å². The highest BCUT2D eigenvalue weighted by atomic mass is 19.1. The van der Waals surface area contributed by atoms with Gasteiger partial charge in [-0.2, -0.15) is 5.26 Å². The Morgan fingerprint density at radius 3 is 2.47 bits per heavy atom. The van der Waals surface area contributed by atoms with Gasteiger partial charge in [-0.25, -0.2) is 9.37 Å². The Kier molecular flexibility index (Phi) is 6.84. The SMILES string of the molecule is CCOc1ccccc1-c1ccc(-c2nc3ccc(F)cc3c(N(CC)CC=O)c2C#N)cc1. The Morgan fingerprint density at radius 1 is 1.06 bits per heavy atom. The fourth-order valence-electron chi connectivity index (χ4n) is 4.12. The van der Waals surface area contributed by atoms with E-state index in [0.29, 0.717) is 41.0 Å². The van der Waals surface area contributed by atoms with Gasteiger partial charge in [0.25, 0.3) is 0 Å². The van der Waals surface area contributed by atoms with Gasteiger partial charge >= 0.3 is 0 Å². The molecular formula is C28H24FN3O2. The van der Waals surface area contributed by atoms with E-state index < -0.39 is 5.82 Å². The van der Waals surface area contributed by atoms with E-state index in [1.807, 2.05) is 62.4 Å². The highest BCUT2D eigenvalue weighted by molar-refractivity contribution is 5.99. The lowest BCUT2D eigenvalue weighted by Gasteiger charge is -2.24. The first-order chi connectivity index (χ1) is 16.6. The number of benzene rings is 3. The van der Waals surface area contributed by atoms with Crippen LogP contribution >= 0.6 is 0 Å². The molecule has 1 aromatic heterocycles. The van der Waals surface area contributed by atoms with Gasteiger partial charge in [0.15, 0.2) is 0 Å². The molecule has 0 radical (unpaired) electrons. The molecule has 0 amide bonds. The molecule has 3 aromatic carbocycles. The summed E-state index contributed by atoms with van der Waals surface area (Å²) in [6.45, 7) is 4.98. The number of carbonyl (C=O) groups is 1. The van der Waals surface area contributed by atoms with Crippen molar-refractivity contribution >= 4 is 22.9 Å². The molecule has 6 heteroatoms. The summed E-state index contributed by atoms with van der Waals surface area (Å²) in [6, 6.07) is 22.2. The summed E-state index contributed by atoms with van der Waals surface area (Å²) in [6.07, 6.45) is 0.778. The van der Waals surface area contributed by atoms with Crippen LogP contribution in [0, 0.1) is 17.1 Å². The lowest BCUT2D eigenvalue weighted by molar-refractivity contribution is -0.106. The van der Waals surface area contributed by atoms with Crippen molar-refractivity contribution in [2.75, 3.05) is 24.6 Å². The van der Waals surface area contributed by atoms with E-state index in [-0.39, 0.29) is 6.54 Å². The first-order valence-corrected chi connectivity index (χ1v) is 11.2. The Balaban J connectivity index is 1.89. The summed E-state index contributed by atoms with van der Waals surface area (Å²) < 4.78 is 19.9. The van der Waals surface area contributed by atoms with E-state index in [1.165, 1.54) is 12.1 Å². The molecule has 0 saturated carbocycles. The van der Waals surface area contributed by atoms with Crippen LogP contribution in [0.25, 0.3) is 33.3 Å². The summed E-state index contributed by atoms with van der Waals surface area (Å²) in [5.41, 5.74) is 4.58. The molecular weight excluding hydrogens is 429 g/mol. The van der Waals surface area contributed by atoms with Crippen molar-refractivity contribution in [3.05, 3.63) is 78.1 Å². The lowest BCUT2D eigenvalue weighted by atomic mass is 9.97. The number of likely N-dealkylation sites (N-methyl/N-ethyl adjacent to an activating group) is 1. The Hall–Kier alpha value is -4.24. The molecule has 0 fully saturated rings. The first-order valence-electron chi connectivity index (χ1n) is 11.2. The van der Waals surface area contributed by atoms with Crippen LogP contribution in [0.15, 0.2) is 66.7 Å². The molecule has 34 heavy (non-hydrogen) atoms. The third kappa shape index (κ3) is 4.33. The number of carbonyl (C=O) groups excluding carboxylic acids is 1. The minimum absolute atomic E-state index is 0.0907. The van der Waals surface area contributed by atoms with E-state index in [2.05, 4.69) is 6.07 Å². The van der Waals surface area contributed by atoms with E-state index in [0.717, 1.165) is 28.7 Å². The second kappa shape index (κ2) is 10.1. The van der Waals surface area contributed by atoms with Crippen LogP contribution in [0.2, 0.25) is 0 Å². The maximum Gasteiger partial charge on any atom is 0.139 e. The van der Waals surface area contributed by atoms with E-state index >= 15 is 0 Å². The number of fused-ring (bicyclic) bond motifs is 1. The van der Waals surface area contributed by atoms with Gasteiger partial charge in [0, 0.05) is 23.1 Å². The quantitative estimate of drug-likeness (QED) is 0.306. The van der Waals surface area contributed by atoms with Crippen LogP contribution < -0.4 is 9.64 Å². The highest BCUT2D eigenvalue weighted by Gasteiger charge is 2.21. The average molecular weight is 454 g/mol. The lowest BCUT2D eigenvalue weighted by Crippen LogP contribution is -2.26. The smallest absolute Gasteiger partial charge is 0.139 e. The van der Waals surface area contributed by atoms with Gasteiger partial charge in [-0.15, -0.1) is 0 Å². The molecule has 170 valence electrons. The minimum atomic E-state index is -0.424. The zero-order valence-electron chi connectivity index (χ0n) is 19.1. The largest absolute Gasteiger partial charge is 0.493 e. The van der Waals surface area contributed by atoms with Gasteiger partial charge in [-0.05, 0) is 43.7 Å². The first kappa shape index (κ1) is 22.9. The summed E-state index contributed by atoms with van der Waals surface area (Å²) in [7, 11) is 0. The van der Waals surface area contributed by atoms with E-state index in [1.54, 1.807) is 11.0 Å². The number of hydrogen-bond donors (Lipinski definition) is 0. The normalized spacial score (nSPS) is 10.6. The number of ether oxygens (including phenoxy) is 1. The highest BCUT2D eigenvalue weighted by Crippen LogP contribution is 2.37. The molecule has 4 rings (SSSR count). The van der Waals surface area contributed by atoms with Crippen LogP contribution in [0.3, 0.4) is 0 Å². The van der Waals surface area contributed by atoms with Crippen LogP contribution in [0.5, 0.6) is 5.75 Å². The molecule has 5 nitrogen and oxygen atoms in total. The number of pyridine rings is 1. The molecule has 0 aliphatic carbocycles. The number of nitriles is 1. The fraction of sp³-hybridized carbons (Fsp3) is 0.179. The molecule has 0 spiro atoms. The number of aromatic nitrogens is 1. The minimum Gasteiger partial charge on any atom is -0.493 e. The number of anilines is 1. The van der Waals surface area contributed by atoms with Gasteiger partial charge in [0.1, 0.15) is 29.5 Å². The van der Waals surface area contributed by atoms with Gasteiger partial charge in [-0.3, -0.25) is 0 Å². The molecule has 0 N–H and O–H groups in total. The summed E-state index contributed by atoms with van der Waals surface area (Å²) in [4.78, 5) is 17.8. The van der Waals surface area contributed by atoms with Crippen LogP contribution in [-0.2, 0) is 4.79 Å². The average Bonchev–Trinajstić information content (AvgIpc) is 2.87. The van der Waals surface area contributed by atoms with Gasteiger partial charge < -0.3 is 14.4 Å². The maximum atomic E-state index is 14.1. The number of nitrogens with zero attached hydrogens (tertiary/aromatic N) is 3. The zero-order chi connectivity index (χ0) is 24.1. The Bertz CT molecular complexity index is 1380. The van der Waals surface area contributed by atoms with Crippen LogP contribution in [-0.4, -0.2) is 31.0 Å². The molecule has 0 aliphatic rings. The molecule has 0 bridgehead atoms. The van der Waals surface area contributed by atoms with Crippen LogP contribution in [0.1, 0.15) is 19.4 Å². The van der Waals surface area contributed by atoms with Crippen molar-refractivity contribution in [1.29, 1.82) is 5.26 Å².